The van der Waals surface area contributed by atoms with Crippen molar-refractivity contribution in [2.75, 3.05) is 11.9 Å². The van der Waals surface area contributed by atoms with E-state index in [1.54, 1.807) is 18.2 Å². The highest BCUT2D eigenvalue weighted by Crippen LogP contribution is 2.16. The van der Waals surface area contributed by atoms with Crippen LogP contribution in [0.5, 0.6) is 0 Å². The van der Waals surface area contributed by atoms with Crippen molar-refractivity contribution in [2.24, 2.45) is 0 Å². The fraction of sp³-hybridized carbons (Fsp3) is 0.400. The quantitative estimate of drug-likeness (QED) is 0.779. The lowest BCUT2D eigenvalue weighted by atomic mass is 10.1. The molecule has 0 atom stereocenters. The third-order valence-corrected chi connectivity index (χ3v) is 5.89. The second kappa shape index (κ2) is 7.82. The molecule has 1 aromatic carbocycles. The van der Waals surface area contributed by atoms with Gasteiger partial charge in [0, 0.05) is 13.0 Å². The van der Waals surface area contributed by atoms with Crippen LogP contribution in [-0.4, -0.2) is 31.1 Å². The number of hydrogen-bond acceptors (Lipinski definition) is 6. The fourth-order valence-corrected chi connectivity index (χ4v) is 3.70. The van der Waals surface area contributed by atoms with Gasteiger partial charge < -0.3 is 5.32 Å². The SMILES string of the molecule is CCc1nnc(NC(=O)CCNS(=O)(=O)c2ccc(C)c(C)c2)s1. The normalized spacial score (nSPS) is 11.5. The Bertz CT molecular complexity index is 831. The zero-order valence-electron chi connectivity index (χ0n) is 13.8. The number of aryl methyl sites for hydroxylation is 3. The monoisotopic (exact) mass is 368 g/mol. The number of rotatable bonds is 7. The second-order valence-electron chi connectivity index (χ2n) is 5.30. The van der Waals surface area contributed by atoms with E-state index in [1.807, 2.05) is 20.8 Å². The van der Waals surface area contributed by atoms with Gasteiger partial charge in [0.15, 0.2) is 0 Å². The first kappa shape index (κ1) is 18.5. The van der Waals surface area contributed by atoms with Crippen LogP contribution in [0, 0.1) is 13.8 Å². The predicted molar refractivity (Wildman–Crippen MR) is 93.6 cm³/mol. The molecule has 2 rings (SSSR count). The number of carbonyl (C=O) groups is 1. The van der Waals surface area contributed by atoms with Crippen LogP contribution in [0.1, 0.15) is 29.5 Å². The maximum absolute atomic E-state index is 12.2. The molecular formula is C15H20N4O3S2. The molecule has 0 saturated carbocycles. The van der Waals surface area contributed by atoms with Crippen molar-refractivity contribution < 1.29 is 13.2 Å². The van der Waals surface area contributed by atoms with E-state index in [1.165, 1.54) is 11.3 Å². The second-order valence-corrected chi connectivity index (χ2v) is 8.13. The molecule has 0 aliphatic heterocycles. The summed E-state index contributed by atoms with van der Waals surface area (Å²) in [6.07, 6.45) is 0.772. The summed E-state index contributed by atoms with van der Waals surface area (Å²) in [5.74, 6) is -0.309. The van der Waals surface area contributed by atoms with Crippen LogP contribution in [0.15, 0.2) is 23.1 Å². The van der Waals surface area contributed by atoms with E-state index in [4.69, 9.17) is 0 Å². The molecule has 0 saturated heterocycles. The lowest BCUT2D eigenvalue weighted by Gasteiger charge is -2.08. The van der Waals surface area contributed by atoms with E-state index in [9.17, 15) is 13.2 Å². The third kappa shape index (κ3) is 4.83. The molecule has 2 aromatic rings. The van der Waals surface area contributed by atoms with Crippen molar-refractivity contribution in [1.29, 1.82) is 0 Å². The minimum atomic E-state index is -3.62. The first-order valence-electron chi connectivity index (χ1n) is 7.51. The number of nitrogens with zero attached hydrogens (tertiary/aromatic N) is 2. The molecule has 0 aliphatic carbocycles. The molecule has 0 unspecified atom stereocenters. The minimum absolute atomic E-state index is 0.0144. The summed E-state index contributed by atoms with van der Waals surface area (Å²) in [7, 11) is -3.62. The van der Waals surface area contributed by atoms with Gasteiger partial charge in [-0.15, -0.1) is 10.2 Å². The Hall–Kier alpha value is -1.84. The molecule has 0 radical (unpaired) electrons. The molecule has 0 aliphatic rings. The van der Waals surface area contributed by atoms with Gasteiger partial charge in [-0.1, -0.05) is 24.3 Å². The smallest absolute Gasteiger partial charge is 0.240 e. The van der Waals surface area contributed by atoms with Crippen molar-refractivity contribution in [2.45, 2.75) is 38.5 Å². The Morgan fingerprint density at radius 1 is 1.21 bits per heavy atom. The predicted octanol–water partition coefficient (Wildman–Crippen LogP) is 2.02. The third-order valence-electron chi connectivity index (χ3n) is 3.45. The molecule has 130 valence electrons. The fourth-order valence-electron chi connectivity index (χ4n) is 1.89. The topological polar surface area (TPSA) is 101 Å². The summed E-state index contributed by atoms with van der Waals surface area (Å²) in [4.78, 5) is 12.0. The Morgan fingerprint density at radius 2 is 1.96 bits per heavy atom. The van der Waals surface area contributed by atoms with Gasteiger partial charge in [-0.2, -0.15) is 0 Å². The van der Waals surface area contributed by atoms with Crippen molar-refractivity contribution in [1.82, 2.24) is 14.9 Å². The highest BCUT2D eigenvalue weighted by atomic mass is 32.2. The zero-order chi connectivity index (χ0) is 17.7. The number of carbonyl (C=O) groups excluding carboxylic acids is 1. The molecule has 0 fully saturated rings. The van der Waals surface area contributed by atoms with Crippen molar-refractivity contribution in [3.05, 3.63) is 34.3 Å². The maximum Gasteiger partial charge on any atom is 0.240 e. The molecule has 7 nitrogen and oxygen atoms in total. The summed E-state index contributed by atoms with van der Waals surface area (Å²) < 4.78 is 26.9. The first-order chi connectivity index (χ1) is 11.3. The number of sulfonamides is 1. The highest BCUT2D eigenvalue weighted by Gasteiger charge is 2.15. The average Bonchev–Trinajstić information content (AvgIpc) is 2.97. The first-order valence-corrected chi connectivity index (χ1v) is 9.81. The summed E-state index contributed by atoms with van der Waals surface area (Å²) in [6, 6.07) is 4.93. The summed E-state index contributed by atoms with van der Waals surface area (Å²) in [5, 5.41) is 11.6. The van der Waals surface area contributed by atoms with Crippen LogP contribution in [0.3, 0.4) is 0 Å². The number of benzene rings is 1. The lowest BCUT2D eigenvalue weighted by Crippen LogP contribution is -2.28. The number of anilines is 1. The Kier molecular flexibility index (Phi) is 6.03. The summed E-state index contributed by atoms with van der Waals surface area (Å²) in [6.45, 7) is 5.74. The van der Waals surface area contributed by atoms with E-state index in [0.29, 0.717) is 5.13 Å². The number of aromatic nitrogens is 2. The van der Waals surface area contributed by atoms with Crippen molar-refractivity contribution >= 4 is 32.4 Å². The van der Waals surface area contributed by atoms with Gasteiger partial charge in [0.1, 0.15) is 5.01 Å². The summed E-state index contributed by atoms with van der Waals surface area (Å²) >= 11 is 1.31. The van der Waals surface area contributed by atoms with Gasteiger partial charge >= 0.3 is 0 Å². The van der Waals surface area contributed by atoms with E-state index in [2.05, 4.69) is 20.2 Å². The van der Waals surface area contributed by atoms with Gasteiger partial charge in [-0.25, -0.2) is 13.1 Å². The lowest BCUT2D eigenvalue weighted by molar-refractivity contribution is -0.116. The molecular weight excluding hydrogens is 348 g/mol. The van der Waals surface area contributed by atoms with E-state index >= 15 is 0 Å². The molecule has 2 N–H and O–H groups in total. The molecule has 1 aromatic heterocycles. The van der Waals surface area contributed by atoms with Crippen molar-refractivity contribution in [3.8, 4) is 0 Å². The van der Waals surface area contributed by atoms with Crippen LogP contribution in [0.4, 0.5) is 5.13 Å². The minimum Gasteiger partial charge on any atom is -0.300 e. The van der Waals surface area contributed by atoms with E-state index in [-0.39, 0.29) is 23.8 Å². The standard InChI is InChI=1S/C15H20N4O3S2/c1-4-14-18-19-15(23-14)17-13(20)7-8-16-24(21,22)12-6-5-10(2)11(3)9-12/h5-6,9,16H,4,7-8H2,1-3H3,(H,17,19,20). The largest absolute Gasteiger partial charge is 0.300 e. The molecule has 0 spiro atoms. The van der Waals surface area contributed by atoms with Crippen LogP contribution < -0.4 is 10.0 Å². The van der Waals surface area contributed by atoms with Crippen LogP contribution >= 0.6 is 11.3 Å². The van der Waals surface area contributed by atoms with Crippen LogP contribution in [-0.2, 0) is 21.2 Å². The van der Waals surface area contributed by atoms with Gasteiger partial charge in [-0.05, 0) is 43.5 Å². The number of nitrogens with one attached hydrogen (secondary N) is 2. The van der Waals surface area contributed by atoms with Gasteiger partial charge in [-0.3, -0.25) is 4.79 Å². The van der Waals surface area contributed by atoms with Crippen molar-refractivity contribution in [3.63, 3.8) is 0 Å². The maximum atomic E-state index is 12.2. The highest BCUT2D eigenvalue weighted by molar-refractivity contribution is 7.89. The van der Waals surface area contributed by atoms with Crippen LogP contribution in [0.2, 0.25) is 0 Å². The van der Waals surface area contributed by atoms with Gasteiger partial charge in [0.05, 0.1) is 4.90 Å². The van der Waals surface area contributed by atoms with Crippen LogP contribution in [0.25, 0.3) is 0 Å². The molecule has 0 bridgehead atoms. The average molecular weight is 368 g/mol. The summed E-state index contributed by atoms with van der Waals surface area (Å²) in [5.41, 5.74) is 1.93. The molecule has 24 heavy (non-hydrogen) atoms. The molecule has 9 heteroatoms. The van der Waals surface area contributed by atoms with Gasteiger partial charge in [0.2, 0.25) is 21.1 Å². The Morgan fingerprint density at radius 3 is 2.58 bits per heavy atom. The number of amides is 1. The van der Waals surface area contributed by atoms with E-state index < -0.39 is 10.0 Å². The number of hydrogen-bond donors (Lipinski definition) is 2. The van der Waals surface area contributed by atoms with Gasteiger partial charge in [0.25, 0.3) is 0 Å². The zero-order valence-corrected chi connectivity index (χ0v) is 15.4. The Labute approximate surface area is 145 Å². The Balaban J connectivity index is 1.87. The molecule has 1 heterocycles. The van der Waals surface area contributed by atoms with E-state index in [0.717, 1.165) is 22.6 Å². The molecule has 1 amide bonds.